The maximum absolute atomic E-state index is 12.6. The molecule has 13 heteroatoms. The van der Waals surface area contributed by atoms with Crippen molar-refractivity contribution in [2.24, 2.45) is 34.5 Å². The summed E-state index contributed by atoms with van der Waals surface area (Å²) in [5.41, 5.74) is -0.132. The summed E-state index contributed by atoms with van der Waals surface area (Å²) in [6.45, 7) is 9.42. The van der Waals surface area contributed by atoms with Crippen LogP contribution in [-0.4, -0.2) is 90.6 Å². The average molecular weight is 705 g/mol. The highest BCUT2D eigenvalue weighted by atomic mass is 16.7. The molecule has 0 unspecified atom stereocenters. The van der Waals surface area contributed by atoms with E-state index in [9.17, 15) is 29.1 Å². The molecule has 0 aromatic carbocycles. The fourth-order valence-corrected chi connectivity index (χ4v) is 11.0. The molecule has 4 aliphatic carbocycles. The highest BCUT2D eigenvalue weighted by Crippen LogP contribution is 2.70. The molecule has 0 bridgehead atoms. The Morgan fingerprint density at radius 1 is 0.820 bits per heavy atom. The zero-order valence-corrected chi connectivity index (χ0v) is 30.0. The molecule has 0 aromatic heterocycles. The van der Waals surface area contributed by atoms with E-state index in [4.69, 9.17) is 33.2 Å². The third-order valence-corrected chi connectivity index (χ3v) is 13.2. The van der Waals surface area contributed by atoms with E-state index < -0.39 is 60.2 Å². The quantitative estimate of drug-likeness (QED) is 0.221. The van der Waals surface area contributed by atoms with Crippen molar-refractivity contribution in [3.8, 4) is 0 Å². The summed E-state index contributed by atoms with van der Waals surface area (Å²) < 4.78 is 40.0. The summed E-state index contributed by atoms with van der Waals surface area (Å²) in [7, 11) is 0. The monoisotopic (exact) mass is 704 g/mol. The third kappa shape index (κ3) is 6.58. The van der Waals surface area contributed by atoms with E-state index in [-0.39, 0.29) is 41.3 Å². The number of hydrogen-bond donors (Lipinski definition) is 1. The van der Waals surface area contributed by atoms with E-state index in [1.807, 2.05) is 0 Å². The van der Waals surface area contributed by atoms with Crippen LogP contribution in [0, 0.1) is 34.5 Å². The van der Waals surface area contributed by atoms with Crippen molar-refractivity contribution in [1.29, 1.82) is 0 Å². The van der Waals surface area contributed by atoms with E-state index in [1.54, 1.807) is 6.08 Å². The Morgan fingerprint density at radius 3 is 2.14 bits per heavy atom. The van der Waals surface area contributed by atoms with Gasteiger partial charge in [-0.05, 0) is 92.4 Å². The second-order valence-electron chi connectivity index (χ2n) is 15.9. The van der Waals surface area contributed by atoms with Gasteiger partial charge in [-0.25, -0.2) is 4.79 Å². The smallest absolute Gasteiger partial charge is 0.331 e. The molecule has 0 amide bonds. The summed E-state index contributed by atoms with van der Waals surface area (Å²) in [6.07, 6.45) is 2.85. The molecule has 1 saturated heterocycles. The van der Waals surface area contributed by atoms with E-state index in [1.165, 1.54) is 27.7 Å². The second-order valence-corrected chi connectivity index (χ2v) is 15.9. The lowest BCUT2D eigenvalue weighted by atomic mass is 9.43. The lowest BCUT2D eigenvalue weighted by Crippen LogP contribution is -2.64. The third-order valence-electron chi connectivity index (χ3n) is 13.2. The van der Waals surface area contributed by atoms with Crippen LogP contribution in [-0.2, 0) is 57.1 Å². The molecule has 2 heterocycles. The minimum atomic E-state index is -1.28. The second kappa shape index (κ2) is 13.8. The van der Waals surface area contributed by atoms with E-state index >= 15 is 0 Å². The molecule has 0 radical (unpaired) electrons. The number of fused-ring (bicyclic) bond motifs is 5. The van der Waals surface area contributed by atoms with E-state index in [2.05, 4.69) is 13.8 Å². The van der Waals surface area contributed by atoms with Gasteiger partial charge in [0.05, 0.1) is 11.7 Å². The van der Waals surface area contributed by atoms with Crippen LogP contribution in [0.1, 0.15) is 99.3 Å². The topological polar surface area (TPSA) is 170 Å². The summed E-state index contributed by atoms with van der Waals surface area (Å²) in [4.78, 5) is 60.3. The van der Waals surface area contributed by atoms with Gasteiger partial charge in [0.1, 0.15) is 19.3 Å². The number of carbonyl (C=O) groups is 5. The van der Waals surface area contributed by atoms with Gasteiger partial charge in [-0.3, -0.25) is 19.2 Å². The molecule has 13 nitrogen and oxygen atoms in total. The van der Waals surface area contributed by atoms with Crippen molar-refractivity contribution in [2.45, 2.75) is 142 Å². The zero-order chi connectivity index (χ0) is 36.2. The van der Waals surface area contributed by atoms with Crippen molar-refractivity contribution in [3.63, 3.8) is 0 Å². The first-order chi connectivity index (χ1) is 23.6. The Kier molecular flexibility index (Phi) is 10.2. The van der Waals surface area contributed by atoms with Gasteiger partial charge in [0.2, 0.25) is 0 Å². The predicted molar refractivity (Wildman–Crippen MR) is 173 cm³/mol. The molecule has 0 spiro atoms. The van der Waals surface area contributed by atoms with Crippen LogP contribution in [0.25, 0.3) is 0 Å². The van der Waals surface area contributed by atoms with Crippen molar-refractivity contribution < 1.29 is 62.2 Å². The minimum absolute atomic E-state index is 0.0229. The van der Waals surface area contributed by atoms with Crippen LogP contribution in [0.2, 0.25) is 0 Å². The van der Waals surface area contributed by atoms with Crippen LogP contribution < -0.4 is 0 Å². The van der Waals surface area contributed by atoms with E-state index in [0.717, 1.165) is 56.9 Å². The SMILES string of the molecule is CC(=O)OC[C@H]1O[C@@H](O[C@H]2CC[C@@]3(C)[C@H](CC[C@@H]4[C@@H]3CC[C@]3(C)[C@@H](C5=CC(=O)OC5)CC[C@]43O)C2)[C@H](OC(C)=O)[C@@H](OC(C)=O)[C@H]1OC(C)=O. The van der Waals surface area contributed by atoms with Crippen molar-refractivity contribution >= 4 is 29.8 Å². The molecule has 6 aliphatic rings. The van der Waals surface area contributed by atoms with Crippen molar-refractivity contribution in [1.82, 2.24) is 0 Å². The number of hydrogen-bond acceptors (Lipinski definition) is 13. The van der Waals surface area contributed by atoms with Crippen LogP contribution in [0.4, 0.5) is 0 Å². The summed E-state index contributed by atoms with van der Waals surface area (Å²) in [6, 6.07) is 0. The van der Waals surface area contributed by atoms with Crippen molar-refractivity contribution in [2.75, 3.05) is 13.2 Å². The summed E-state index contributed by atoms with van der Waals surface area (Å²) >= 11 is 0. The van der Waals surface area contributed by atoms with Gasteiger partial charge < -0.3 is 38.3 Å². The van der Waals surface area contributed by atoms with Gasteiger partial charge >= 0.3 is 29.8 Å². The molecule has 278 valence electrons. The van der Waals surface area contributed by atoms with Crippen molar-refractivity contribution in [3.05, 3.63) is 11.6 Å². The number of carbonyl (C=O) groups excluding carboxylic acids is 5. The molecule has 5 fully saturated rings. The van der Waals surface area contributed by atoms with Gasteiger partial charge in [-0.15, -0.1) is 0 Å². The summed E-state index contributed by atoms with van der Waals surface area (Å²) in [5, 5.41) is 12.6. The molecule has 0 aromatic rings. The fourth-order valence-electron chi connectivity index (χ4n) is 11.0. The zero-order valence-electron chi connectivity index (χ0n) is 30.0. The lowest BCUT2D eigenvalue weighted by Gasteiger charge is -2.64. The number of aliphatic hydroxyl groups is 1. The number of ether oxygens (including phenoxy) is 7. The molecule has 1 N–H and O–H groups in total. The van der Waals surface area contributed by atoms with Crippen LogP contribution in [0.3, 0.4) is 0 Å². The first-order valence-electron chi connectivity index (χ1n) is 18.1. The highest BCUT2D eigenvalue weighted by Gasteiger charge is 2.68. The Balaban J connectivity index is 1.19. The normalized spacial score (nSPS) is 43.7. The predicted octanol–water partition coefficient (Wildman–Crippen LogP) is 3.71. The molecule has 13 atom stereocenters. The van der Waals surface area contributed by atoms with Crippen LogP contribution in [0.15, 0.2) is 11.6 Å². The van der Waals surface area contributed by atoms with Gasteiger partial charge in [0.15, 0.2) is 24.6 Å². The van der Waals surface area contributed by atoms with Gasteiger partial charge in [-0.2, -0.15) is 0 Å². The number of rotatable bonds is 8. The average Bonchev–Trinajstić information content (AvgIpc) is 3.58. The summed E-state index contributed by atoms with van der Waals surface area (Å²) in [5.74, 6) is -1.99. The van der Waals surface area contributed by atoms with Gasteiger partial charge in [0.25, 0.3) is 0 Å². The Labute approximate surface area is 293 Å². The lowest BCUT2D eigenvalue weighted by molar-refractivity contribution is -0.321. The van der Waals surface area contributed by atoms with Gasteiger partial charge in [0, 0.05) is 39.2 Å². The first kappa shape index (κ1) is 36.8. The Hall–Kier alpha value is -3.03. The van der Waals surface area contributed by atoms with E-state index in [0.29, 0.717) is 24.9 Å². The highest BCUT2D eigenvalue weighted by molar-refractivity contribution is 5.85. The standard InChI is InChI=1S/C37H52O13/c1-19(38)44-18-29-31(46-20(2)39)32(47-21(3)40)33(48-22(4)41)34(50-29)49-25-9-12-35(5)24(16-25)7-8-28-27(35)10-13-36(6)26(11-14-37(28,36)43)23-15-30(42)45-17-23/h15,24-29,31-34,43H,7-14,16-18H2,1-6H3/t24-,25+,26-,27+,28-,29-,31+,32+,33-,34-,35+,36-,37+/m1/s1. The molecule has 4 saturated carbocycles. The fraction of sp³-hybridized carbons (Fsp3) is 0.811. The number of esters is 5. The van der Waals surface area contributed by atoms with Crippen LogP contribution in [0.5, 0.6) is 0 Å². The minimum Gasteiger partial charge on any atom is -0.463 e. The maximum Gasteiger partial charge on any atom is 0.331 e. The molecule has 50 heavy (non-hydrogen) atoms. The molecular formula is C37H52O13. The largest absolute Gasteiger partial charge is 0.463 e. The first-order valence-corrected chi connectivity index (χ1v) is 18.1. The molecule has 6 rings (SSSR count). The van der Waals surface area contributed by atoms with Crippen LogP contribution >= 0.6 is 0 Å². The Morgan fingerprint density at radius 2 is 1.50 bits per heavy atom. The van der Waals surface area contributed by atoms with Gasteiger partial charge in [-0.1, -0.05) is 13.8 Å². The molecular weight excluding hydrogens is 652 g/mol. The number of cyclic esters (lactones) is 1. The maximum atomic E-state index is 12.6. The molecule has 2 aliphatic heterocycles. The Bertz CT molecular complexity index is 1410.